The molecule has 1 heterocycles. The van der Waals surface area contributed by atoms with Crippen LogP contribution in [0.1, 0.15) is 48.4 Å². The lowest BCUT2D eigenvalue weighted by atomic mass is 10.2. The minimum Gasteiger partial charge on any atom is -0.462 e. The van der Waals surface area contributed by atoms with Gasteiger partial charge in [-0.15, -0.1) is 11.3 Å². The first kappa shape index (κ1) is 19.0. The van der Waals surface area contributed by atoms with Gasteiger partial charge in [-0.3, -0.25) is 5.32 Å². The molecule has 0 atom stereocenters. The minimum absolute atomic E-state index is 0.0378. The second kappa shape index (κ2) is 9.14. The summed E-state index contributed by atoms with van der Waals surface area (Å²) in [6.45, 7) is 8.49. The summed E-state index contributed by atoms with van der Waals surface area (Å²) in [6.07, 6.45) is 0. The van der Waals surface area contributed by atoms with Crippen LogP contribution in [-0.2, 0) is 9.47 Å². The fraction of sp³-hybridized carbons (Fsp3) is 0.533. The summed E-state index contributed by atoms with van der Waals surface area (Å²) in [5, 5.41) is 4.44. The van der Waals surface area contributed by atoms with Crippen molar-refractivity contribution >= 4 is 34.3 Å². The zero-order valence-electron chi connectivity index (χ0n) is 13.8. The van der Waals surface area contributed by atoms with Gasteiger partial charge in [0.2, 0.25) is 0 Å². The number of thiophene rings is 1. The highest BCUT2D eigenvalue weighted by atomic mass is 32.1. The Morgan fingerprint density at radius 1 is 1.04 bits per heavy atom. The van der Waals surface area contributed by atoms with Crippen LogP contribution in [0.5, 0.6) is 0 Å². The number of esters is 2. The monoisotopic (exact) mass is 342 g/mol. The molecule has 0 aliphatic carbocycles. The third-order valence-corrected chi connectivity index (χ3v) is 3.93. The molecule has 1 N–H and O–H groups in total. The Kier molecular flexibility index (Phi) is 7.53. The van der Waals surface area contributed by atoms with Gasteiger partial charge in [0, 0.05) is 18.5 Å². The molecule has 0 spiro atoms. The first-order valence-corrected chi connectivity index (χ1v) is 8.39. The van der Waals surface area contributed by atoms with E-state index >= 15 is 0 Å². The van der Waals surface area contributed by atoms with Crippen LogP contribution in [0.25, 0.3) is 0 Å². The van der Waals surface area contributed by atoms with Crippen molar-refractivity contribution in [2.75, 3.05) is 31.6 Å². The summed E-state index contributed by atoms with van der Waals surface area (Å²) in [5.41, 5.74) is 0.140. The number of urea groups is 1. The van der Waals surface area contributed by atoms with E-state index in [1.165, 1.54) is 5.38 Å². The van der Waals surface area contributed by atoms with Crippen LogP contribution in [0.15, 0.2) is 5.38 Å². The molecule has 0 fully saturated rings. The van der Waals surface area contributed by atoms with Gasteiger partial charge in [0.1, 0.15) is 10.6 Å². The van der Waals surface area contributed by atoms with Crippen molar-refractivity contribution in [3.63, 3.8) is 0 Å². The predicted octanol–water partition coefficient (Wildman–Crippen LogP) is 2.98. The Labute approximate surface area is 139 Å². The van der Waals surface area contributed by atoms with Crippen molar-refractivity contribution in [2.45, 2.75) is 27.7 Å². The molecule has 7 nitrogen and oxygen atoms in total. The number of nitrogens with one attached hydrogen (secondary N) is 1. The van der Waals surface area contributed by atoms with E-state index in [9.17, 15) is 14.4 Å². The maximum absolute atomic E-state index is 12.2. The van der Waals surface area contributed by atoms with Crippen molar-refractivity contribution in [3.8, 4) is 0 Å². The lowest BCUT2D eigenvalue weighted by Crippen LogP contribution is -2.34. The highest BCUT2D eigenvalue weighted by molar-refractivity contribution is 7.15. The Bertz CT molecular complexity index is 566. The maximum Gasteiger partial charge on any atom is 0.342 e. The average molecular weight is 342 g/mol. The number of carbonyl (C=O) groups is 3. The fourth-order valence-corrected chi connectivity index (χ4v) is 2.81. The molecule has 0 aliphatic rings. The summed E-state index contributed by atoms with van der Waals surface area (Å²) in [7, 11) is 0. The van der Waals surface area contributed by atoms with E-state index in [1.807, 2.05) is 13.8 Å². The van der Waals surface area contributed by atoms with Gasteiger partial charge in [-0.1, -0.05) is 0 Å². The van der Waals surface area contributed by atoms with Gasteiger partial charge in [0.05, 0.1) is 18.8 Å². The first-order chi connectivity index (χ1) is 11.0. The molecular formula is C15H22N2O5S. The molecule has 0 bridgehead atoms. The van der Waals surface area contributed by atoms with Crippen LogP contribution >= 0.6 is 11.3 Å². The predicted molar refractivity (Wildman–Crippen MR) is 88.2 cm³/mol. The van der Waals surface area contributed by atoms with Crippen LogP contribution in [0.2, 0.25) is 0 Å². The number of rotatable bonds is 7. The minimum atomic E-state index is -0.661. The lowest BCUT2D eigenvalue weighted by molar-refractivity contribution is 0.0481. The molecule has 1 rings (SSSR count). The van der Waals surface area contributed by atoms with Crippen molar-refractivity contribution in [1.82, 2.24) is 4.90 Å². The first-order valence-electron chi connectivity index (χ1n) is 7.51. The number of nitrogens with zero attached hydrogens (tertiary/aromatic N) is 1. The molecule has 0 saturated heterocycles. The van der Waals surface area contributed by atoms with Crippen LogP contribution in [0, 0.1) is 0 Å². The second-order valence-corrected chi connectivity index (χ2v) is 5.28. The second-order valence-electron chi connectivity index (χ2n) is 4.40. The van der Waals surface area contributed by atoms with Crippen LogP contribution < -0.4 is 5.32 Å². The van der Waals surface area contributed by atoms with Crippen LogP contribution in [-0.4, -0.2) is 49.2 Å². The Balaban J connectivity index is 3.14. The largest absolute Gasteiger partial charge is 0.462 e. The van der Waals surface area contributed by atoms with E-state index in [2.05, 4.69) is 5.32 Å². The lowest BCUT2D eigenvalue weighted by Gasteiger charge is -2.19. The summed E-state index contributed by atoms with van der Waals surface area (Å²) >= 11 is 1.09. The topological polar surface area (TPSA) is 84.9 Å². The molecule has 1 aromatic heterocycles. The van der Waals surface area contributed by atoms with Crippen molar-refractivity contribution in [1.29, 1.82) is 0 Å². The molecule has 0 saturated carbocycles. The van der Waals surface area contributed by atoms with Gasteiger partial charge in [-0.05, 0) is 27.7 Å². The molecule has 8 heteroatoms. The van der Waals surface area contributed by atoms with Gasteiger partial charge >= 0.3 is 18.0 Å². The van der Waals surface area contributed by atoms with Crippen molar-refractivity contribution < 1.29 is 23.9 Å². The number of ether oxygens (including phenoxy) is 2. The number of hydrogen-bond acceptors (Lipinski definition) is 6. The number of anilines is 1. The third-order valence-electron chi connectivity index (χ3n) is 3.04. The third kappa shape index (κ3) is 4.69. The maximum atomic E-state index is 12.2. The smallest absolute Gasteiger partial charge is 0.342 e. The Hall–Kier alpha value is -2.09. The summed E-state index contributed by atoms with van der Waals surface area (Å²) in [6, 6.07) is -0.335. The summed E-state index contributed by atoms with van der Waals surface area (Å²) in [5.74, 6) is -1.28. The standard InChI is InChI=1S/C15H22N2O5S/c1-5-17(6-2)15(20)16-12-11(14(19)22-8-4)10(9-23-12)13(18)21-7-3/h9H,5-8H2,1-4H3,(H,16,20). The molecule has 0 radical (unpaired) electrons. The molecular weight excluding hydrogens is 320 g/mol. The normalized spacial score (nSPS) is 10.1. The highest BCUT2D eigenvalue weighted by Gasteiger charge is 2.27. The Morgan fingerprint density at radius 3 is 2.13 bits per heavy atom. The number of carbonyl (C=O) groups excluding carboxylic acids is 3. The zero-order valence-corrected chi connectivity index (χ0v) is 14.6. The van der Waals surface area contributed by atoms with E-state index < -0.39 is 11.9 Å². The molecule has 1 aromatic rings. The van der Waals surface area contributed by atoms with Gasteiger partial charge in [-0.25, -0.2) is 14.4 Å². The van der Waals surface area contributed by atoms with Crippen molar-refractivity contribution in [2.24, 2.45) is 0 Å². The van der Waals surface area contributed by atoms with Crippen LogP contribution in [0.4, 0.5) is 9.80 Å². The van der Waals surface area contributed by atoms with E-state index in [4.69, 9.17) is 9.47 Å². The highest BCUT2D eigenvalue weighted by Crippen LogP contribution is 2.30. The molecule has 128 valence electrons. The Morgan fingerprint density at radius 2 is 1.61 bits per heavy atom. The quantitative estimate of drug-likeness (QED) is 0.770. The molecule has 0 unspecified atom stereocenters. The average Bonchev–Trinajstić information content (AvgIpc) is 2.92. The van der Waals surface area contributed by atoms with E-state index in [-0.39, 0.29) is 35.4 Å². The van der Waals surface area contributed by atoms with E-state index in [0.717, 1.165) is 11.3 Å². The van der Waals surface area contributed by atoms with Gasteiger partial charge in [0.25, 0.3) is 0 Å². The van der Waals surface area contributed by atoms with Gasteiger partial charge < -0.3 is 14.4 Å². The molecule has 23 heavy (non-hydrogen) atoms. The summed E-state index contributed by atoms with van der Waals surface area (Å²) in [4.78, 5) is 37.9. The zero-order chi connectivity index (χ0) is 17.4. The van der Waals surface area contributed by atoms with Gasteiger partial charge in [0.15, 0.2) is 0 Å². The SMILES string of the molecule is CCOC(=O)c1csc(NC(=O)N(CC)CC)c1C(=O)OCC. The van der Waals surface area contributed by atoms with E-state index in [1.54, 1.807) is 18.7 Å². The molecule has 0 aliphatic heterocycles. The fourth-order valence-electron chi connectivity index (χ4n) is 1.90. The van der Waals surface area contributed by atoms with Crippen LogP contribution in [0.3, 0.4) is 0 Å². The van der Waals surface area contributed by atoms with E-state index in [0.29, 0.717) is 13.1 Å². The number of amides is 2. The molecule has 2 amide bonds. The summed E-state index contributed by atoms with van der Waals surface area (Å²) < 4.78 is 9.93. The van der Waals surface area contributed by atoms with Gasteiger partial charge in [-0.2, -0.15) is 0 Å². The molecule has 0 aromatic carbocycles. The number of hydrogen-bond donors (Lipinski definition) is 1. The van der Waals surface area contributed by atoms with Crippen molar-refractivity contribution in [3.05, 3.63) is 16.5 Å².